The topological polar surface area (TPSA) is 64.8 Å². The number of likely N-dealkylation sites (tertiary alicyclic amines) is 1. The van der Waals surface area contributed by atoms with Crippen LogP contribution in [0, 0.1) is 0 Å². The molecule has 4 rings (SSSR count). The van der Waals surface area contributed by atoms with Gasteiger partial charge < -0.3 is 15.2 Å². The number of benzene rings is 3. The van der Waals surface area contributed by atoms with Gasteiger partial charge in [-0.05, 0) is 96.4 Å². The van der Waals surface area contributed by atoms with Gasteiger partial charge in [0.1, 0.15) is 0 Å². The number of nitrogens with zero attached hydrogens (tertiary/aromatic N) is 1. The van der Waals surface area contributed by atoms with Crippen LogP contribution < -0.4 is 5.73 Å². The minimum atomic E-state index is -2.20. The molecule has 0 spiro atoms. The fraction of sp³-hybridized carbons (Fsp3) is 0.424. The molecule has 0 saturated carbocycles. The third-order valence-corrected chi connectivity index (χ3v) is 8.13. The predicted molar refractivity (Wildman–Crippen MR) is 162 cm³/mol. The number of ether oxygens (including phenoxy) is 2. The first-order chi connectivity index (χ1) is 19.3. The van der Waals surface area contributed by atoms with Crippen molar-refractivity contribution in [2.75, 3.05) is 32.0 Å². The van der Waals surface area contributed by atoms with Crippen LogP contribution in [0.3, 0.4) is 0 Å². The zero-order valence-corrected chi connectivity index (χ0v) is 24.9. The van der Waals surface area contributed by atoms with E-state index in [1.807, 2.05) is 48.5 Å². The number of halogens is 2. The molecule has 1 saturated heterocycles. The Labute approximate surface area is 246 Å². The number of piperidine rings is 1. The van der Waals surface area contributed by atoms with Crippen molar-refractivity contribution in [1.82, 2.24) is 4.90 Å². The second-order valence-corrected chi connectivity index (χ2v) is 11.5. The van der Waals surface area contributed by atoms with E-state index in [-0.39, 0.29) is 6.61 Å². The van der Waals surface area contributed by atoms with Crippen molar-refractivity contribution in [3.05, 3.63) is 87.9 Å². The van der Waals surface area contributed by atoms with Crippen molar-refractivity contribution in [2.24, 2.45) is 0 Å². The fourth-order valence-electron chi connectivity index (χ4n) is 5.01. The number of hydrogen-bond donors (Lipinski definition) is 1. The smallest absolute Gasteiger partial charge is 0.348 e. The van der Waals surface area contributed by atoms with Gasteiger partial charge in [0.15, 0.2) is 0 Å². The van der Waals surface area contributed by atoms with Gasteiger partial charge in [0, 0.05) is 23.2 Å². The summed E-state index contributed by atoms with van der Waals surface area (Å²) in [5.41, 5.74) is 9.48. The fourth-order valence-corrected chi connectivity index (χ4v) is 5.56. The third kappa shape index (κ3) is 8.38. The van der Waals surface area contributed by atoms with E-state index in [0.717, 1.165) is 64.9 Å². The Kier molecular flexibility index (Phi) is 11.2. The number of rotatable bonds is 13. The summed E-state index contributed by atoms with van der Waals surface area (Å²) in [4.78, 5) is 14.9. The Morgan fingerprint density at radius 1 is 0.950 bits per heavy atom. The predicted octanol–water partition coefficient (Wildman–Crippen LogP) is 7.80. The zero-order chi connectivity index (χ0) is 28.4. The molecule has 1 atom stereocenters. The second kappa shape index (κ2) is 14.8. The van der Waals surface area contributed by atoms with E-state index in [1.54, 1.807) is 12.1 Å². The third-order valence-electron chi connectivity index (χ3n) is 7.47. The number of alkyl halides is 1. The Balaban J connectivity index is 1.14. The Bertz CT molecular complexity index is 1230. The van der Waals surface area contributed by atoms with Crippen LogP contribution in [0.15, 0.2) is 71.2 Å². The van der Waals surface area contributed by atoms with Gasteiger partial charge in [-0.2, -0.15) is 0 Å². The number of hydrogen-bond acceptors (Lipinski definition) is 5. The van der Waals surface area contributed by atoms with Crippen molar-refractivity contribution in [3.8, 4) is 11.1 Å². The SMILES string of the molecule is CC(F)(C(=O)OCCCCCOCc1cc(Br)c(N)c(CN2CCCCC2)c1)c1ccc(-c2ccccc2)cc1. The highest BCUT2D eigenvalue weighted by atomic mass is 79.9. The van der Waals surface area contributed by atoms with Crippen LogP contribution >= 0.6 is 15.9 Å². The van der Waals surface area contributed by atoms with Gasteiger partial charge >= 0.3 is 5.97 Å². The first-order valence-electron chi connectivity index (χ1n) is 14.2. The van der Waals surface area contributed by atoms with Gasteiger partial charge in [0.25, 0.3) is 0 Å². The lowest BCUT2D eigenvalue weighted by molar-refractivity contribution is -0.157. The van der Waals surface area contributed by atoms with Gasteiger partial charge in [-0.25, -0.2) is 9.18 Å². The molecule has 7 heteroatoms. The van der Waals surface area contributed by atoms with Crippen molar-refractivity contribution in [2.45, 2.75) is 64.3 Å². The minimum Gasteiger partial charge on any atom is -0.463 e. The Hall–Kier alpha value is -2.74. The molecule has 3 aromatic carbocycles. The second-order valence-electron chi connectivity index (χ2n) is 10.7. The van der Waals surface area contributed by atoms with Crippen LogP contribution in [0.4, 0.5) is 10.1 Å². The summed E-state index contributed by atoms with van der Waals surface area (Å²) in [6, 6.07) is 21.0. The quantitative estimate of drug-likeness (QED) is 0.121. The molecule has 0 radical (unpaired) electrons. The Morgan fingerprint density at radius 2 is 1.62 bits per heavy atom. The van der Waals surface area contributed by atoms with E-state index < -0.39 is 11.6 Å². The number of nitrogens with two attached hydrogens (primary N) is 1. The van der Waals surface area contributed by atoms with E-state index >= 15 is 4.39 Å². The van der Waals surface area contributed by atoms with E-state index in [2.05, 4.69) is 26.9 Å². The molecule has 0 aliphatic carbocycles. The van der Waals surface area contributed by atoms with E-state index in [9.17, 15) is 4.79 Å². The minimum absolute atomic E-state index is 0.186. The van der Waals surface area contributed by atoms with Crippen molar-refractivity contribution >= 4 is 27.6 Å². The number of anilines is 1. The number of unbranched alkanes of at least 4 members (excludes halogenated alkanes) is 2. The van der Waals surface area contributed by atoms with Crippen molar-refractivity contribution in [3.63, 3.8) is 0 Å². The zero-order valence-electron chi connectivity index (χ0n) is 23.3. The van der Waals surface area contributed by atoms with Crippen LogP contribution in [0.25, 0.3) is 11.1 Å². The molecule has 40 heavy (non-hydrogen) atoms. The number of carbonyl (C=O) groups excluding carboxylic acids is 1. The number of carbonyl (C=O) groups is 1. The van der Waals surface area contributed by atoms with Gasteiger partial charge in [0.05, 0.1) is 18.9 Å². The maximum absolute atomic E-state index is 15.3. The standard InChI is InChI=1S/C33H40BrFN2O3/c1-33(35,29-15-13-27(14-16-29)26-11-5-2-6-12-26)32(38)40-20-10-4-9-19-39-24-25-21-28(31(36)30(34)22-25)23-37-17-7-3-8-18-37/h2,5-6,11-16,21-22H,3-4,7-10,17-20,23-24,36H2,1H3. The van der Waals surface area contributed by atoms with Gasteiger partial charge in [-0.1, -0.05) is 67.1 Å². The molecule has 1 fully saturated rings. The molecule has 5 nitrogen and oxygen atoms in total. The van der Waals surface area contributed by atoms with Crippen molar-refractivity contribution in [1.29, 1.82) is 0 Å². The van der Waals surface area contributed by atoms with Gasteiger partial charge in [-0.3, -0.25) is 4.90 Å². The van der Waals surface area contributed by atoms with Crippen LogP contribution in [-0.2, 0) is 33.1 Å². The summed E-state index contributed by atoms with van der Waals surface area (Å²) < 4.78 is 27.4. The normalized spacial score (nSPS) is 15.5. The Morgan fingerprint density at radius 3 is 2.35 bits per heavy atom. The molecule has 0 amide bonds. The highest BCUT2D eigenvalue weighted by molar-refractivity contribution is 9.10. The van der Waals surface area contributed by atoms with Gasteiger partial charge in [0.2, 0.25) is 5.67 Å². The molecule has 214 valence electrons. The largest absolute Gasteiger partial charge is 0.463 e. The van der Waals surface area contributed by atoms with E-state index in [0.29, 0.717) is 25.2 Å². The van der Waals surface area contributed by atoms with Crippen LogP contribution in [-0.4, -0.2) is 37.2 Å². The molecule has 0 bridgehead atoms. The van der Waals surface area contributed by atoms with Crippen molar-refractivity contribution < 1.29 is 18.7 Å². The molecular formula is C33H40BrFN2O3. The lowest BCUT2D eigenvalue weighted by atomic mass is 9.95. The monoisotopic (exact) mass is 610 g/mol. The van der Waals surface area contributed by atoms with Crippen LogP contribution in [0.1, 0.15) is 62.1 Å². The number of esters is 1. The lowest BCUT2D eigenvalue weighted by Gasteiger charge is -2.27. The molecule has 1 unspecified atom stereocenters. The number of nitrogen functional groups attached to an aromatic ring is 1. The van der Waals surface area contributed by atoms with Crippen LogP contribution in [0.5, 0.6) is 0 Å². The highest BCUT2D eigenvalue weighted by Gasteiger charge is 2.36. The van der Waals surface area contributed by atoms with Crippen LogP contribution in [0.2, 0.25) is 0 Å². The summed E-state index contributed by atoms with van der Waals surface area (Å²) in [5, 5.41) is 0. The summed E-state index contributed by atoms with van der Waals surface area (Å²) in [5.74, 6) is -0.856. The molecular weight excluding hydrogens is 571 g/mol. The van der Waals surface area contributed by atoms with Gasteiger partial charge in [-0.15, -0.1) is 0 Å². The summed E-state index contributed by atoms with van der Waals surface area (Å²) >= 11 is 3.60. The maximum Gasteiger partial charge on any atom is 0.348 e. The molecule has 1 aliphatic rings. The maximum atomic E-state index is 15.3. The first kappa shape index (κ1) is 30.2. The highest BCUT2D eigenvalue weighted by Crippen LogP contribution is 2.30. The summed E-state index contributed by atoms with van der Waals surface area (Å²) in [7, 11) is 0. The van der Waals surface area contributed by atoms with E-state index in [4.69, 9.17) is 15.2 Å². The average Bonchev–Trinajstić information content (AvgIpc) is 2.98. The molecule has 1 heterocycles. The average molecular weight is 612 g/mol. The summed E-state index contributed by atoms with van der Waals surface area (Å²) in [6.07, 6.45) is 6.13. The molecule has 1 aliphatic heterocycles. The molecule has 2 N–H and O–H groups in total. The molecule has 0 aromatic heterocycles. The lowest BCUT2D eigenvalue weighted by Crippen LogP contribution is -2.30. The van der Waals surface area contributed by atoms with E-state index in [1.165, 1.54) is 26.2 Å². The molecule has 3 aromatic rings. The first-order valence-corrected chi connectivity index (χ1v) is 15.0. The summed E-state index contributed by atoms with van der Waals surface area (Å²) in [6.45, 7) is 5.68.